The van der Waals surface area contributed by atoms with Crippen LogP contribution in [0.5, 0.6) is 0 Å². The molecule has 1 aliphatic heterocycles. The largest absolute Gasteiger partial charge is 0.476 e. The topological polar surface area (TPSA) is 111 Å². The van der Waals surface area contributed by atoms with Crippen LogP contribution in [0.3, 0.4) is 0 Å². The lowest BCUT2D eigenvalue weighted by Gasteiger charge is -2.20. The van der Waals surface area contributed by atoms with Gasteiger partial charge in [0.05, 0.1) is 17.8 Å². The highest BCUT2D eigenvalue weighted by Gasteiger charge is 2.22. The molecule has 0 spiro atoms. The highest BCUT2D eigenvalue weighted by molar-refractivity contribution is 5.85. The van der Waals surface area contributed by atoms with Gasteiger partial charge < -0.3 is 14.4 Å². The van der Waals surface area contributed by atoms with E-state index in [1.807, 2.05) is 19.1 Å². The lowest BCUT2D eigenvalue weighted by atomic mass is 10.2. The van der Waals surface area contributed by atoms with Crippen LogP contribution in [-0.4, -0.2) is 42.8 Å². The Kier molecular flexibility index (Phi) is 4.50. The molecule has 0 radical (unpaired) electrons. The minimum Gasteiger partial charge on any atom is -0.476 e. The van der Waals surface area contributed by atoms with Crippen molar-refractivity contribution in [2.75, 3.05) is 6.54 Å². The van der Waals surface area contributed by atoms with Crippen LogP contribution in [0.15, 0.2) is 33.5 Å². The fourth-order valence-corrected chi connectivity index (χ4v) is 3.53. The number of oxazole rings is 1. The minimum absolute atomic E-state index is 0.0175. The average Bonchev–Trinajstić information content (AvgIpc) is 3.12. The van der Waals surface area contributed by atoms with Crippen LogP contribution in [0.4, 0.5) is 0 Å². The van der Waals surface area contributed by atoms with E-state index >= 15 is 0 Å². The predicted octanol–water partition coefficient (Wildman–Crippen LogP) is 1.62. The molecule has 1 aromatic carbocycles. The molecule has 0 aliphatic carbocycles. The second-order valence-electron chi connectivity index (χ2n) is 6.96. The van der Waals surface area contributed by atoms with Crippen LogP contribution in [-0.2, 0) is 24.4 Å². The molecule has 3 aromatic rings. The number of carbonyl (C=O) groups excluding carboxylic acids is 1. The molecule has 2 aromatic heterocycles. The average molecular weight is 384 g/mol. The molecule has 9 heteroatoms. The van der Waals surface area contributed by atoms with Gasteiger partial charge in [-0.2, -0.15) is 5.10 Å². The number of aromatic nitrogens is 3. The number of hydrogen-bond acceptors (Lipinski definition) is 5. The molecule has 1 amide bonds. The number of aromatic carboxylic acids is 1. The molecule has 0 bridgehead atoms. The number of fused-ring (bicyclic) bond motifs is 2. The van der Waals surface area contributed by atoms with E-state index in [2.05, 4.69) is 5.10 Å². The van der Waals surface area contributed by atoms with Crippen molar-refractivity contribution in [3.05, 3.63) is 51.8 Å². The summed E-state index contributed by atoms with van der Waals surface area (Å²) in [5.41, 5.74) is 2.87. The molecule has 0 unspecified atom stereocenters. The first-order valence-corrected chi connectivity index (χ1v) is 9.10. The van der Waals surface area contributed by atoms with Crippen LogP contribution < -0.4 is 5.76 Å². The second-order valence-corrected chi connectivity index (χ2v) is 6.96. The van der Waals surface area contributed by atoms with Crippen molar-refractivity contribution in [2.24, 2.45) is 0 Å². The van der Waals surface area contributed by atoms with Gasteiger partial charge in [-0.1, -0.05) is 6.07 Å². The number of carbonyl (C=O) groups is 2. The summed E-state index contributed by atoms with van der Waals surface area (Å²) in [6.45, 7) is 3.59. The summed E-state index contributed by atoms with van der Waals surface area (Å²) in [7, 11) is 0. The molecular weight excluding hydrogens is 364 g/mol. The first-order chi connectivity index (χ1) is 13.4. The molecule has 146 valence electrons. The van der Waals surface area contributed by atoms with Crippen LogP contribution in [0, 0.1) is 6.92 Å². The molecule has 0 saturated carbocycles. The van der Waals surface area contributed by atoms with Gasteiger partial charge in [0.1, 0.15) is 0 Å². The highest BCUT2D eigenvalue weighted by atomic mass is 16.4. The van der Waals surface area contributed by atoms with E-state index in [4.69, 9.17) is 9.52 Å². The molecule has 0 saturated heterocycles. The summed E-state index contributed by atoms with van der Waals surface area (Å²) < 4.78 is 8.36. The lowest BCUT2D eigenvalue weighted by molar-refractivity contribution is -0.132. The van der Waals surface area contributed by atoms with Gasteiger partial charge in [0.25, 0.3) is 0 Å². The van der Waals surface area contributed by atoms with Crippen LogP contribution in [0.25, 0.3) is 11.1 Å². The normalized spacial score (nSPS) is 14.1. The van der Waals surface area contributed by atoms with E-state index in [0.29, 0.717) is 42.8 Å². The molecule has 0 atom stereocenters. The smallest absolute Gasteiger partial charge is 0.419 e. The van der Waals surface area contributed by atoms with Crippen molar-refractivity contribution in [3.8, 4) is 0 Å². The Balaban J connectivity index is 1.49. The van der Waals surface area contributed by atoms with Gasteiger partial charge in [-0.15, -0.1) is 0 Å². The van der Waals surface area contributed by atoms with Crippen LogP contribution >= 0.6 is 0 Å². The van der Waals surface area contributed by atoms with Crippen molar-refractivity contribution in [3.63, 3.8) is 0 Å². The molecule has 9 nitrogen and oxygen atoms in total. The summed E-state index contributed by atoms with van der Waals surface area (Å²) in [5, 5.41) is 13.2. The van der Waals surface area contributed by atoms with E-state index in [1.165, 1.54) is 10.6 Å². The number of benzene rings is 1. The van der Waals surface area contributed by atoms with Gasteiger partial charge in [-0.05, 0) is 37.1 Å². The zero-order valence-corrected chi connectivity index (χ0v) is 15.4. The Morgan fingerprint density at radius 3 is 2.86 bits per heavy atom. The zero-order chi connectivity index (χ0) is 19.8. The number of carboxylic acids is 1. The van der Waals surface area contributed by atoms with E-state index < -0.39 is 11.7 Å². The first kappa shape index (κ1) is 18.0. The Morgan fingerprint density at radius 2 is 2.07 bits per heavy atom. The number of hydrogen-bond donors (Lipinski definition) is 1. The monoisotopic (exact) mass is 384 g/mol. The Labute approximate surface area is 159 Å². The molecular formula is C19H20N4O5. The van der Waals surface area contributed by atoms with Gasteiger partial charge in [-0.3, -0.25) is 14.0 Å². The first-order valence-electron chi connectivity index (χ1n) is 9.10. The Morgan fingerprint density at radius 1 is 1.25 bits per heavy atom. The van der Waals surface area contributed by atoms with E-state index in [9.17, 15) is 14.4 Å². The summed E-state index contributed by atoms with van der Waals surface area (Å²) in [6.07, 6.45) is 0.843. The minimum atomic E-state index is -1.08. The van der Waals surface area contributed by atoms with Gasteiger partial charge >= 0.3 is 11.7 Å². The SMILES string of the molecule is Cc1ccc2oc(=O)n(CCC(=O)N3CCCn4nc(C(=O)O)cc4C3)c2c1. The molecule has 1 N–H and O–H groups in total. The standard InChI is InChI=1S/C19H20N4O5/c1-12-3-4-16-15(9-12)22(19(27)28-16)8-5-17(24)21-6-2-7-23-13(11-21)10-14(20-23)18(25)26/h3-4,9-10H,2,5-8,11H2,1H3,(H,25,26). The number of aryl methyl sites for hydroxylation is 3. The Bertz CT molecular complexity index is 1120. The van der Waals surface area contributed by atoms with Gasteiger partial charge in [0.2, 0.25) is 5.91 Å². The van der Waals surface area contributed by atoms with Gasteiger partial charge in [-0.25, -0.2) is 9.59 Å². The van der Waals surface area contributed by atoms with Crippen molar-refractivity contribution < 1.29 is 19.1 Å². The second kappa shape index (κ2) is 6.99. The quantitative estimate of drug-likeness (QED) is 0.732. The maximum absolute atomic E-state index is 12.7. The zero-order valence-electron chi connectivity index (χ0n) is 15.4. The maximum Gasteiger partial charge on any atom is 0.419 e. The number of amides is 1. The maximum atomic E-state index is 12.7. The summed E-state index contributed by atoms with van der Waals surface area (Å²) in [4.78, 5) is 37.7. The summed E-state index contributed by atoms with van der Waals surface area (Å²) in [5.74, 6) is -1.66. The van der Waals surface area contributed by atoms with E-state index in [1.54, 1.807) is 15.6 Å². The predicted molar refractivity (Wildman–Crippen MR) is 99.0 cm³/mol. The van der Waals surface area contributed by atoms with Gasteiger partial charge in [0.15, 0.2) is 11.3 Å². The third kappa shape index (κ3) is 3.30. The molecule has 1 aliphatic rings. The summed E-state index contributed by atoms with van der Waals surface area (Å²) >= 11 is 0. The lowest BCUT2D eigenvalue weighted by Crippen LogP contribution is -2.32. The molecule has 0 fully saturated rings. The van der Waals surface area contributed by atoms with Crippen LogP contribution in [0.1, 0.15) is 34.6 Å². The number of rotatable bonds is 4. The summed E-state index contributed by atoms with van der Waals surface area (Å²) in [6, 6.07) is 6.99. The molecule has 4 rings (SSSR count). The van der Waals surface area contributed by atoms with Crippen molar-refractivity contribution >= 4 is 23.0 Å². The fourth-order valence-electron chi connectivity index (χ4n) is 3.53. The third-order valence-corrected chi connectivity index (χ3v) is 4.96. The van der Waals surface area contributed by atoms with Crippen LogP contribution in [0.2, 0.25) is 0 Å². The fraction of sp³-hybridized carbons (Fsp3) is 0.368. The molecule has 28 heavy (non-hydrogen) atoms. The van der Waals surface area contributed by atoms with Crippen molar-refractivity contribution in [1.82, 2.24) is 19.2 Å². The van der Waals surface area contributed by atoms with E-state index in [0.717, 1.165) is 5.56 Å². The number of carboxylic acid groups (broad SMARTS) is 1. The van der Waals surface area contributed by atoms with E-state index in [-0.39, 0.29) is 24.6 Å². The van der Waals surface area contributed by atoms with Gasteiger partial charge in [0, 0.05) is 26.1 Å². The van der Waals surface area contributed by atoms with Crippen molar-refractivity contribution in [1.29, 1.82) is 0 Å². The van der Waals surface area contributed by atoms with Crippen molar-refractivity contribution in [2.45, 2.75) is 39.4 Å². The number of nitrogens with zero attached hydrogens (tertiary/aromatic N) is 4. The Hall–Kier alpha value is -3.36. The third-order valence-electron chi connectivity index (χ3n) is 4.96. The molecule has 3 heterocycles. The highest BCUT2D eigenvalue weighted by Crippen LogP contribution is 2.17.